The lowest BCUT2D eigenvalue weighted by molar-refractivity contribution is -0.961. The summed E-state index contributed by atoms with van der Waals surface area (Å²) in [5, 5.41) is 0. The van der Waals surface area contributed by atoms with Crippen molar-refractivity contribution in [3.05, 3.63) is 35.9 Å². The normalized spacial score (nSPS) is 11.7. The first-order valence-electron chi connectivity index (χ1n) is 5.85. The summed E-state index contributed by atoms with van der Waals surface area (Å²) in [6.45, 7) is 10.4. The van der Waals surface area contributed by atoms with Crippen molar-refractivity contribution in [2.75, 3.05) is 7.05 Å². The molecule has 2 heteroatoms. The Labute approximate surface area is 99.8 Å². The molecule has 1 rings (SSSR count). The van der Waals surface area contributed by atoms with Crippen LogP contribution in [0.4, 0.5) is 0 Å². The molecule has 0 fully saturated rings. The third-order valence-corrected chi connectivity index (χ3v) is 3.73. The van der Waals surface area contributed by atoms with E-state index in [9.17, 15) is 0 Å². The maximum Gasteiger partial charge on any atom is 0.105 e. The van der Waals surface area contributed by atoms with Gasteiger partial charge in [-0.1, -0.05) is 30.3 Å². The molecule has 0 aromatic heterocycles. The molecule has 1 aromatic rings. The van der Waals surface area contributed by atoms with Crippen molar-refractivity contribution in [2.24, 2.45) is 0 Å². The molecule has 16 heavy (non-hydrogen) atoms. The average Bonchev–Trinajstić information content (AvgIpc) is 2.18. The number of quaternary nitrogens is 1. The van der Waals surface area contributed by atoms with E-state index in [2.05, 4.69) is 65.1 Å². The molecule has 0 radical (unpaired) electrons. The Bertz CT molecular complexity index is 285. The number of hydrogen-bond acceptors (Lipinski definition) is 1. The fourth-order valence-electron chi connectivity index (χ4n) is 1.94. The third-order valence-electron chi connectivity index (χ3n) is 3.73. The van der Waals surface area contributed by atoms with E-state index in [0.717, 1.165) is 11.0 Å². The SMILES string of the molecule is CC(C)[N+](C)(Cc1ccccc1)C(C)C.[OH-]. The lowest BCUT2D eigenvalue weighted by Crippen LogP contribution is -2.53. The lowest BCUT2D eigenvalue weighted by atomic mass is 10.1. The molecule has 0 saturated carbocycles. The number of rotatable bonds is 4. The molecule has 0 saturated heterocycles. The molecule has 0 spiro atoms. The molecule has 2 nitrogen and oxygen atoms in total. The monoisotopic (exact) mass is 223 g/mol. The van der Waals surface area contributed by atoms with Crippen molar-refractivity contribution in [3.63, 3.8) is 0 Å². The van der Waals surface area contributed by atoms with E-state index >= 15 is 0 Å². The second-order valence-corrected chi connectivity index (χ2v) is 5.18. The topological polar surface area (TPSA) is 30.0 Å². The predicted molar refractivity (Wildman–Crippen MR) is 68.5 cm³/mol. The molecular weight excluding hydrogens is 198 g/mol. The van der Waals surface area contributed by atoms with Crippen LogP contribution in [0.1, 0.15) is 33.3 Å². The first-order chi connectivity index (χ1) is 6.97. The molecule has 0 aliphatic heterocycles. The Balaban J connectivity index is 0.00000225. The van der Waals surface area contributed by atoms with Crippen molar-refractivity contribution < 1.29 is 9.96 Å². The molecule has 1 aromatic carbocycles. The zero-order valence-electron chi connectivity index (χ0n) is 11.1. The van der Waals surface area contributed by atoms with Gasteiger partial charge in [0.25, 0.3) is 0 Å². The third kappa shape index (κ3) is 3.32. The summed E-state index contributed by atoms with van der Waals surface area (Å²) >= 11 is 0. The van der Waals surface area contributed by atoms with Crippen molar-refractivity contribution >= 4 is 0 Å². The maximum absolute atomic E-state index is 2.35. The van der Waals surface area contributed by atoms with Crippen LogP contribution in [-0.4, -0.2) is 29.1 Å². The quantitative estimate of drug-likeness (QED) is 0.720. The zero-order valence-corrected chi connectivity index (χ0v) is 11.1. The highest BCUT2D eigenvalue weighted by Gasteiger charge is 2.29. The van der Waals surface area contributed by atoms with Gasteiger partial charge in [-0.2, -0.15) is 0 Å². The Kier molecular flexibility index (Phi) is 5.70. The molecule has 0 unspecified atom stereocenters. The highest BCUT2D eigenvalue weighted by atomic mass is 16.0. The van der Waals surface area contributed by atoms with Gasteiger partial charge in [-0.05, 0) is 27.7 Å². The van der Waals surface area contributed by atoms with Crippen molar-refractivity contribution in [3.8, 4) is 0 Å². The smallest absolute Gasteiger partial charge is 0.105 e. The van der Waals surface area contributed by atoms with Gasteiger partial charge in [0.1, 0.15) is 6.54 Å². The summed E-state index contributed by atoms with van der Waals surface area (Å²) in [5.74, 6) is 0. The van der Waals surface area contributed by atoms with E-state index in [1.165, 1.54) is 5.56 Å². The second-order valence-electron chi connectivity index (χ2n) is 5.18. The molecule has 0 bridgehead atoms. The van der Waals surface area contributed by atoms with Crippen LogP contribution in [0.2, 0.25) is 0 Å². The molecule has 0 aliphatic rings. The van der Waals surface area contributed by atoms with Gasteiger partial charge in [-0.25, -0.2) is 0 Å². The number of benzene rings is 1. The first kappa shape index (κ1) is 15.1. The summed E-state index contributed by atoms with van der Waals surface area (Å²) in [6, 6.07) is 12.1. The van der Waals surface area contributed by atoms with Crippen LogP contribution < -0.4 is 0 Å². The highest BCUT2D eigenvalue weighted by Crippen LogP contribution is 2.20. The average molecular weight is 223 g/mol. The summed E-state index contributed by atoms with van der Waals surface area (Å²) in [7, 11) is 2.35. The van der Waals surface area contributed by atoms with Crippen LogP contribution in [0.3, 0.4) is 0 Å². The minimum Gasteiger partial charge on any atom is -0.870 e. The number of hydrogen-bond donors (Lipinski definition) is 0. The summed E-state index contributed by atoms with van der Waals surface area (Å²) in [6.07, 6.45) is 0. The van der Waals surface area contributed by atoms with Gasteiger partial charge in [-0.3, -0.25) is 0 Å². The van der Waals surface area contributed by atoms with E-state index in [0.29, 0.717) is 12.1 Å². The van der Waals surface area contributed by atoms with Gasteiger partial charge in [-0.15, -0.1) is 0 Å². The van der Waals surface area contributed by atoms with Gasteiger partial charge >= 0.3 is 0 Å². The first-order valence-corrected chi connectivity index (χ1v) is 5.85. The maximum atomic E-state index is 2.35. The van der Waals surface area contributed by atoms with E-state index in [4.69, 9.17) is 0 Å². The number of nitrogens with zero attached hydrogens (tertiary/aromatic N) is 1. The molecule has 0 atom stereocenters. The molecule has 92 valence electrons. The zero-order chi connectivity index (χ0) is 11.5. The van der Waals surface area contributed by atoms with Gasteiger partial charge in [0.15, 0.2) is 0 Å². The van der Waals surface area contributed by atoms with Crippen molar-refractivity contribution in [1.82, 2.24) is 0 Å². The minimum absolute atomic E-state index is 0. The summed E-state index contributed by atoms with van der Waals surface area (Å²) in [5.41, 5.74) is 1.43. The van der Waals surface area contributed by atoms with E-state index in [1.54, 1.807) is 0 Å². The van der Waals surface area contributed by atoms with Crippen molar-refractivity contribution in [1.29, 1.82) is 0 Å². The molecule has 1 N–H and O–H groups in total. The predicted octanol–water partition coefficient (Wildman–Crippen LogP) is 3.27. The van der Waals surface area contributed by atoms with Crippen LogP contribution in [0.25, 0.3) is 0 Å². The second kappa shape index (κ2) is 6.02. The summed E-state index contributed by atoms with van der Waals surface area (Å²) < 4.78 is 1.10. The van der Waals surface area contributed by atoms with E-state index in [1.807, 2.05) is 0 Å². The minimum atomic E-state index is 0. The van der Waals surface area contributed by atoms with Gasteiger partial charge in [0.05, 0.1) is 19.1 Å². The van der Waals surface area contributed by atoms with Gasteiger partial charge < -0.3 is 9.96 Å². The van der Waals surface area contributed by atoms with Gasteiger partial charge in [0, 0.05) is 5.56 Å². The highest BCUT2D eigenvalue weighted by molar-refractivity contribution is 5.13. The van der Waals surface area contributed by atoms with Crippen LogP contribution in [0.5, 0.6) is 0 Å². The Hall–Kier alpha value is -0.860. The fourth-order valence-corrected chi connectivity index (χ4v) is 1.94. The molecule has 0 heterocycles. The molecule has 0 amide bonds. The van der Waals surface area contributed by atoms with Crippen LogP contribution in [0.15, 0.2) is 30.3 Å². The fraction of sp³-hybridized carbons (Fsp3) is 0.571. The Morgan fingerprint density at radius 3 is 1.75 bits per heavy atom. The Morgan fingerprint density at radius 2 is 1.38 bits per heavy atom. The van der Waals surface area contributed by atoms with Crippen molar-refractivity contribution in [2.45, 2.75) is 46.3 Å². The lowest BCUT2D eigenvalue weighted by Gasteiger charge is -2.42. The summed E-state index contributed by atoms with van der Waals surface area (Å²) in [4.78, 5) is 0. The van der Waals surface area contributed by atoms with Crippen LogP contribution in [0, 0.1) is 0 Å². The molecular formula is C14H25NO. The standard InChI is InChI=1S/C14H24N.H2O/c1-12(2)15(5,13(3)4)11-14-9-7-6-8-10-14;/h6-10,12-13H,11H2,1-5H3;1H2/q+1;/p-1. The van der Waals surface area contributed by atoms with E-state index < -0.39 is 0 Å². The Morgan fingerprint density at radius 1 is 0.938 bits per heavy atom. The van der Waals surface area contributed by atoms with Crippen LogP contribution in [-0.2, 0) is 6.54 Å². The largest absolute Gasteiger partial charge is 0.870 e. The van der Waals surface area contributed by atoms with E-state index in [-0.39, 0.29) is 5.48 Å². The molecule has 0 aliphatic carbocycles. The van der Waals surface area contributed by atoms with Gasteiger partial charge in [0.2, 0.25) is 0 Å². The van der Waals surface area contributed by atoms with Crippen LogP contribution >= 0.6 is 0 Å².